The van der Waals surface area contributed by atoms with Crippen molar-refractivity contribution < 1.29 is 9.15 Å². The molecule has 5 aromatic rings. The highest BCUT2D eigenvalue weighted by atomic mass is 32.1. The van der Waals surface area contributed by atoms with Gasteiger partial charge in [0.05, 0.1) is 25.2 Å². The minimum atomic E-state index is -0.167. The summed E-state index contributed by atoms with van der Waals surface area (Å²) in [5, 5.41) is 5.04. The van der Waals surface area contributed by atoms with Gasteiger partial charge >= 0.3 is 0 Å². The molecule has 0 spiro atoms. The first-order valence-electron chi connectivity index (χ1n) is 11.4. The van der Waals surface area contributed by atoms with Gasteiger partial charge in [-0.2, -0.15) is 5.10 Å². The number of hydrazine groups is 1. The molecule has 3 heterocycles. The van der Waals surface area contributed by atoms with Crippen molar-refractivity contribution in [3.05, 3.63) is 76.2 Å². The van der Waals surface area contributed by atoms with Gasteiger partial charge < -0.3 is 20.4 Å². The number of amidine groups is 1. The van der Waals surface area contributed by atoms with Crippen LogP contribution in [0.5, 0.6) is 5.75 Å². The van der Waals surface area contributed by atoms with E-state index in [-0.39, 0.29) is 12.1 Å². The normalized spacial score (nSPS) is 14.0. The van der Waals surface area contributed by atoms with E-state index < -0.39 is 0 Å². The molecule has 0 radical (unpaired) electrons. The van der Waals surface area contributed by atoms with Gasteiger partial charge in [0, 0.05) is 21.2 Å². The molecule has 1 saturated carbocycles. The summed E-state index contributed by atoms with van der Waals surface area (Å²) in [5.41, 5.74) is 5.09. The fourth-order valence-electron chi connectivity index (χ4n) is 4.58. The maximum Gasteiger partial charge on any atom is 0.263 e. The number of nitrogens with zero attached hydrogens (tertiary/aromatic N) is 4. The van der Waals surface area contributed by atoms with Gasteiger partial charge in [-0.05, 0) is 48.6 Å². The molecule has 0 aliphatic heterocycles. The highest BCUT2D eigenvalue weighted by Gasteiger charge is 2.29. The topological polar surface area (TPSA) is 147 Å². The number of hydrazone groups is 1. The summed E-state index contributed by atoms with van der Waals surface area (Å²) in [5.74, 6) is 13.8. The van der Waals surface area contributed by atoms with Crippen molar-refractivity contribution in [3.8, 4) is 17.1 Å². The second kappa shape index (κ2) is 8.77. The second-order valence-electron chi connectivity index (χ2n) is 8.61. The number of fused-ring (bicyclic) bond motifs is 3. The van der Waals surface area contributed by atoms with Gasteiger partial charge in [-0.15, -0.1) is 11.3 Å². The molecule has 0 unspecified atom stereocenters. The number of nitrogens with two attached hydrogens (primary N) is 2. The van der Waals surface area contributed by atoms with E-state index in [1.54, 1.807) is 17.9 Å². The molecule has 1 aliphatic carbocycles. The predicted molar refractivity (Wildman–Crippen MR) is 139 cm³/mol. The van der Waals surface area contributed by atoms with Crippen LogP contribution in [0.2, 0.25) is 0 Å². The molecule has 10 nitrogen and oxygen atoms in total. The highest BCUT2D eigenvalue weighted by molar-refractivity contribution is 7.25. The van der Waals surface area contributed by atoms with Crippen molar-refractivity contribution in [2.45, 2.75) is 25.3 Å². The van der Waals surface area contributed by atoms with Crippen LogP contribution in [0.4, 0.5) is 0 Å². The molecule has 0 amide bonds. The summed E-state index contributed by atoms with van der Waals surface area (Å²) in [6.45, 7) is 0.199. The number of rotatable bonds is 6. The average molecular weight is 502 g/mol. The van der Waals surface area contributed by atoms with E-state index in [1.165, 1.54) is 17.7 Å². The summed E-state index contributed by atoms with van der Waals surface area (Å²) < 4.78 is 13.5. The number of ether oxygens (including phenoxy) is 1. The molecule has 2 aromatic carbocycles. The Labute approximate surface area is 209 Å². The molecule has 36 heavy (non-hydrogen) atoms. The van der Waals surface area contributed by atoms with Gasteiger partial charge in [-0.1, -0.05) is 12.1 Å². The summed E-state index contributed by atoms with van der Waals surface area (Å²) in [6, 6.07) is 11.5. The monoisotopic (exact) mass is 501 g/mol. The van der Waals surface area contributed by atoms with Crippen LogP contribution in [0.15, 0.2) is 63.3 Å². The molecule has 182 valence electrons. The second-order valence-corrected chi connectivity index (χ2v) is 9.61. The molecule has 5 N–H and O–H groups in total. The van der Waals surface area contributed by atoms with Crippen LogP contribution in [0.1, 0.15) is 35.6 Å². The van der Waals surface area contributed by atoms with Gasteiger partial charge in [-0.3, -0.25) is 9.36 Å². The minimum Gasteiger partial charge on any atom is -0.497 e. The average Bonchev–Trinajstić information content (AvgIpc) is 3.48. The van der Waals surface area contributed by atoms with Crippen LogP contribution in [-0.2, 0) is 6.54 Å². The number of methoxy groups -OCH3 is 1. The zero-order chi connectivity index (χ0) is 24.8. The molecule has 0 saturated heterocycles. The van der Waals surface area contributed by atoms with Crippen LogP contribution >= 0.6 is 11.3 Å². The van der Waals surface area contributed by atoms with Crippen molar-refractivity contribution >= 4 is 37.5 Å². The molecule has 1 fully saturated rings. The first-order chi connectivity index (χ1) is 17.6. The van der Waals surface area contributed by atoms with Gasteiger partial charge in [0.1, 0.15) is 22.2 Å². The van der Waals surface area contributed by atoms with E-state index in [1.807, 2.05) is 36.4 Å². The largest absolute Gasteiger partial charge is 0.497 e. The lowest BCUT2D eigenvalue weighted by molar-refractivity contribution is 0.414. The third kappa shape index (κ3) is 3.60. The number of hydrogen-bond donors (Lipinski definition) is 3. The van der Waals surface area contributed by atoms with Gasteiger partial charge in [0.25, 0.3) is 5.56 Å². The quantitative estimate of drug-likeness (QED) is 0.139. The maximum absolute atomic E-state index is 14.1. The Morgan fingerprint density at radius 3 is 2.89 bits per heavy atom. The summed E-state index contributed by atoms with van der Waals surface area (Å²) in [6.07, 6.45) is 5.15. The van der Waals surface area contributed by atoms with Crippen molar-refractivity contribution in [1.82, 2.24) is 20.0 Å². The third-order valence-corrected chi connectivity index (χ3v) is 7.59. The van der Waals surface area contributed by atoms with Crippen LogP contribution in [0.25, 0.3) is 31.7 Å². The summed E-state index contributed by atoms with van der Waals surface area (Å²) >= 11 is 1.41. The van der Waals surface area contributed by atoms with E-state index in [4.69, 9.17) is 25.8 Å². The number of oxazole rings is 1. The lowest BCUT2D eigenvalue weighted by Crippen LogP contribution is -2.32. The lowest BCUT2D eigenvalue weighted by Gasteiger charge is -2.15. The van der Waals surface area contributed by atoms with Crippen LogP contribution < -0.4 is 27.4 Å². The zero-order valence-corrected chi connectivity index (χ0v) is 20.2. The Hall–Kier alpha value is -4.22. The van der Waals surface area contributed by atoms with Crippen molar-refractivity contribution in [2.75, 3.05) is 7.11 Å². The Morgan fingerprint density at radius 2 is 2.19 bits per heavy atom. The smallest absolute Gasteiger partial charge is 0.263 e. The van der Waals surface area contributed by atoms with Crippen LogP contribution in [-0.4, -0.2) is 27.5 Å². The molecule has 1 aliphatic rings. The SMILES string of the molecule is COc1ccc(-c2nc3sc4c(/C(=N/N)NN)cccc4c3c(=O)n2Cc2cnco2)c(C2CC2)c1. The van der Waals surface area contributed by atoms with E-state index in [2.05, 4.69) is 15.5 Å². The first-order valence-corrected chi connectivity index (χ1v) is 12.2. The Kier molecular flexibility index (Phi) is 5.42. The first kappa shape index (κ1) is 22.3. The van der Waals surface area contributed by atoms with Crippen molar-refractivity contribution in [2.24, 2.45) is 16.8 Å². The predicted octanol–water partition coefficient (Wildman–Crippen LogP) is 3.28. The molecular formula is C25H23N7O3S. The number of thiophene rings is 1. The third-order valence-electron chi connectivity index (χ3n) is 6.45. The molecule has 0 atom stereocenters. The Morgan fingerprint density at radius 1 is 1.33 bits per heavy atom. The van der Waals surface area contributed by atoms with E-state index in [0.29, 0.717) is 39.1 Å². The number of hydrogen-bond acceptors (Lipinski definition) is 9. The highest BCUT2D eigenvalue weighted by Crippen LogP contribution is 2.46. The molecule has 3 aromatic heterocycles. The Bertz CT molecular complexity index is 1680. The summed E-state index contributed by atoms with van der Waals surface area (Å²) in [4.78, 5) is 23.8. The Balaban J connectivity index is 1.67. The van der Waals surface area contributed by atoms with Crippen molar-refractivity contribution in [1.29, 1.82) is 0 Å². The number of aromatic nitrogens is 3. The van der Waals surface area contributed by atoms with E-state index in [9.17, 15) is 4.79 Å². The standard InChI is InChI=1S/C25H23N7O3S/c1-34-14-7-8-16(19(9-14)13-5-6-13)23-29-24-20(25(33)32(23)11-15-10-28-12-35-15)17-3-2-4-18(21(17)36-24)22(30-26)31-27/h2-4,7-10,12-13H,5-6,11,26-27H2,1H3,(H,30,31). The fraction of sp³-hybridized carbons (Fsp3) is 0.200. The molecule has 6 rings (SSSR count). The van der Waals surface area contributed by atoms with E-state index >= 15 is 0 Å². The lowest BCUT2D eigenvalue weighted by atomic mass is 10.0. The van der Waals surface area contributed by atoms with Crippen LogP contribution in [0.3, 0.4) is 0 Å². The van der Waals surface area contributed by atoms with E-state index in [0.717, 1.165) is 39.8 Å². The maximum atomic E-state index is 14.1. The van der Waals surface area contributed by atoms with Crippen molar-refractivity contribution in [3.63, 3.8) is 0 Å². The van der Waals surface area contributed by atoms with Gasteiger partial charge in [0.2, 0.25) is 0 Å². The zero-order valence-electron chi connectivity index (χ0n) is 19.4. The summed E-state index contributed by atoms with van der Waals surface area (Å²) in [7, 11) is 1.65. The molecule has 11 heteroatoms. The minimum absolute atomic E-state index is 0.167. The van der Waals surface area contributed by atoms with Gasteiger partial charge in [-0.25, -0.2) is 15.8 Å². The fourth-order valence-corrected chi connectivity index (χ4v) is 5.76. The van der Waals surface area contributed by atoms with Crippen LogP contribution in [0, 0.1) is 0 Å². The molecule has 0 bridgehead atoms. The van der Waals surface area contributed by atoms with Gasteiger partial charge in [0.15, 0.2) is 12.2 Å². The number of benzene rings is 2. The number of nitrogens with one attached hydrogen (secondary N) is 1. The molecular weight excluding hydrogens is 478 g/mol.